The first-order chi connectivity index (χ1) is 9.28. The fourth-order valence-electron chi connectivity index (χ4n) is 1.31. The van der Waals surface area contributed by atoms with Gasteiger partial charge in [0.25, 0.3) is 0 Å². The number of nitrogens with zero attached hydrogens (tertiary/aromatic N) is 3. The molecule has 1 heterocycles. The number of hydrogen-bond donors (Lipinski definition) is 1. The number of carbonyl (C=O) groups is 1. The number of thioether (sulfide) groups is 1. The third-order valence-corrected chi connectivity index (χ3v) is 3.06. The summed E-state index contributed by atoms with van der Waals surface area (Å²) >= 11 is 1.27. The molecule has 0 aliphatic heterocycles. The van der Waals surface area contributed by atoms with Gasteiger partial charge < -0.3 is 5.32 Å². The van der Waals surface area contributed by atoms with Crippen LogP contribution in [0.4, 0.5) is 5.69 Å². The molecule has 94 valence electrons. The van der Waals surface area contributed by atoms with Gasteiger partial charge in [0.05, 0.1) is 18.1 Å². The first-order valence-electron chi connectivity index (χ1n) is 5.48. The van der Waals surface area contributed by atoms with Crippen LogP contribution < -0.4 is 5.32 Å². The van der Waals surface area contributed by atoms with Gasteiger partial charge in [0.1, 0.15) is 11.1 Å². The Balaban J connectivity index is 1.85. The van der Waals surface area contributed by atoms with Crippen LogP contribution in [0.5, 0.6) is 0 Å². The van der Waals surface area contributed by atoms with Gasteiger partial charge in [-0.25, -0.2) is 9.97 Å². The molecule has 1 aromatic carbocycles. The number of hydrogen-bond acceptors (Lipinski definition) is 5. The van der Waals surface area contributed by atoms with Crippen LogP contribution in [-0.4, -0.2) is 21.6 Å². The minimum atomic E-state index is -0.109. The number of carbonyl (C=O) groups excluding carboxylic acids is 1. The van der Waals surface area contributed by atoms with E-state index in [0.717, 1.165) is 5.69 Å². The molecule has 1 aromatic heterocycles. The molecule has 2 aromatic rings. The molecule has 0 saturated carbocycles. The first-order valence-corrected chi connectivity index (χ1v) is 6.46. The van der Waals surface area contributed by atoms with Crippen LogP contribution in [0, 0.1) is 11.3 Å². The van der Waals surface area contributed by atoms with Crippen molar-refractivity contribution in [3.8, 4) is 6.07 Å². The van der Waals surface area contributed by atoms with E-state index in [9.17, 15) is 4.79 Å². The molecule has 0 unspecified atom stereocenters. The molecule has 0 aliphatic carbocycles. The van der Waals surface area contributed by atoms with Gasteiger partial charge in [-0.1, -0.05) is 30.0 Å². The first kappa shape index (κ1) is 13.1. The van der Waals surface area contributed by atoms with E-state index in [1.54, 1.807) is 0 Å². The molecule has 0 saturated heterocycles. The van der Waals surface area contributed by atoms with E-state index in [0.29, 0.717) is 5.03 Å². The Morgan fingerprint density at radius 1 is 1.26 bits per heavy atom. The molecule has 5 nitrogen and oxygen atoms in total. The maximum atomic E-state index is 11.7. The van der Waals surface area contributed by atoms with Crippen molar-refractivity contribution < 1.29 is 4.79 Å². The monoisotopic (exact) mass is 270 g/mol. The van der Waals surface area contributed by atoms with Gasteiger partial charge in [0, 0.05) is 5.69 Å². The summed E-state index contributed by atoms with van der Waals surface area (Å²) in [4.78, 5) is 19.6. The number of amides is 1. The highest BCUT2D eigenvalue weighted by molar-refractivity contribution is 7.99. The van der Waals surface area contributed by atoms with Crippen molar-refractivity contribution in [3.63, 3.8) is 0 Å². The van der Waals surface area contributed by atoms with E-state index in [1.165, 1.54) is 24.2 Å². The summed E-state index contributed by atoms with van der Waals surface area (Å²) in [5.74, 6) is 0.137. The molecule has 0 bridgehead atoms. The molecule has 0 atom stereocenters. The summed E-state index contributed by atoms with van der Waals surface area (Å²) in [6, 6.07) is 11.1. The second-order valence-corrected chi connectivity index (χ2v) is 4.55. The number of nitrogens with one attached hydrogen (secondary N) is 1. The normalized spacial score (nSPS) is 9.63. The molecule has 0 fully saturated rings. The van der Waals surface area contributed by atoms with Crippen molar-refractivity contribution in [2.75, 3.05) is 11.1 Å². The second kappa shape index (κ2) is 6.52. The van der Waals surface area contributed by atoms with Gasteiger partial charge >= 0.3 is 0 Å². The summed E-state index contributed by atoms with van der Waals surface area (Å²) < 4.78 is 0. The Morgan fingerprint density at radius 3 is 2.68 bits per heavy atom. The molecule has 1 amide bonds. The lowest BCUT2D eigenvalue weighted by Gasteiger charge is -2.04. The zero-order valence-electron chi connectivity index (χ0n) is 9.91. The van der Waals surface area contributed by atoms with E-state index in [-0.39, 0.29) is 17.4 Å². The molecule has 0 spiro atoms. The van der Waals surface area contributed by atoms with Crippen molar-refractivity contribution in [3.05, 3.63) is 48.4 Å². The lowest BCUT2D eigenvalue weighted by molar-refractivity contribution is -0.113. The topological polar surface area (TPSA) is 78.7 Å². The lowest BCUT2D eigenvalue weighted by Crippen LogP contribution is -2.13. The van der Waals surface area contributed by atoms with E-state index < -0.39 is 0 Å². The summed E-state index contributed by atoms with van der Waals surface area (Å²) in [6.07, 6.45) is 2.87. The lowest BCUT2D eigenvalue weighted by atomic mass is 10.3. The van der Waals surface area contributed by atoms with Crippen LogP contribution in [-0.2, 0) is 4.79 Å². The third kappa shape index (κ3) is 4.08. The van der Waals surface area contributed by atoms with Crippen LogP contribution in [0.25, 0.3) is 0 Å². The zero-order valence-corrected chi connectivity index (χ0v) is 10.7. The summed E-state index contributed by atoms with van der Waals surface area (Å²) in [5, 5.41) is 12.0. The van der Waals surface area contributed by atoms with E-state index in [1.807, 2.05) is 36.4 Å². The van der Waals surface area contributed by atoms with Crippen molar-refractivity contribution in [1.82, 2.24) is 9.97 Å². The maximum Gasteiger partial charge on any atom is 0.234 e. The number of rotatable bonds is 4. The highest BCUT2D eigenvalue weighted by Gasteiger charge is 2.04. The molecule has 0 radical (unpaired) electrons. The Morgan fingerprint density at radius 2 is 2.05 bits per heavy atom. The average Bonchev–Trinajstić information content (AvgIpc) is 2.47. The summed E-state index contributed by atoms with van der Waals surface area (Å²) in [6.45, 7) is 0. The Kier molecular flexibility index (Phi) is 4.48. The summed E-state index contributed by atoms with van der Waals surface area (Å²) in [7, 11) is 0. The van der Waals surface area contributed by atoms with E-state index >= 15 is 0 Å². The fourth-order valence-corrected chi connectivity index (χ4v) is 1.91. The van der Waals surface area contributed by atoms with E-state index in [4.69, 9.17) is 5.26 Å². The quantitative estimate of drug-likeness (QED) is 0.860. The molecule has 1 N–H and O–H groups in total. The van der Waals surface area contributed by atoms with Crippen LogP contribution in [0.2, 0.25) is 0 Å². The molecule has 6 heteroatoms. The maximum absolute atomic E-state index is 11.7. The predicted octanol–water partition coefficient (Wildman–Crippen LogP) is 2.08. The van der Waals surface area contributed by atoms with Gasteiger partial charge in [-0.2, -0.15) is 5.26 Å². The van der Waals surface area contributed by atoms with Gasteiger partial charge in [-0.3, -0.25) is 4.79 Å². The third-order valence-electron chi connectivity index (χ3n) is 2.15. The predicted molar refractivity (Wildman–Crippen MR) is 72.5 cm³/mol. The fraction of sp³-hybridized carbons (Fsp3) is 0.0769. The minimum Gasteiger partial charge on any atom is -0.325 e. The Hall–Kier alpha value is -2.39. The largest absolute Gasteiger partial charge is 0.325 e. The van der Waals surface area contributed by atoms with Gasteiger partial charge in [0.2, 0.25) is 5.91 Å². The van der Waals surface area contributed by atoms with Crippen LogP contribution in [0.1, 0.15) is 5.69 Å². The van der Waals surface area contributed by atoms with Crippen LogP contribution in [0.3, 0.4) is 0 Å². The van der Waals surface area contributed by atoms with Gasteiger partial charge in [-0.05, 0) is 12.1 Å². The van der Waals surface area contributed by atoms with Crippen LogP contribution >= 0.6 is 11.8 Å². The molecule has 0 aliphatic rings. The number of para-hydroxylation sites is 1. The molecule has 19 heavy (non-hydrogen) atoms. The Bertz CT molecular complexity index is 592. The standard InChI is InChI=1S/C13H10N4OS/c14-6-11-7-16-13(8-15-11)19-9-12(18)17-10-4-2-1-3-5-10/h1-5,7-8H,9H2,(H,17,18). The SMILES string of the molecule is N#Cc1cnc(SCC(=O)Nc2ccccc2)cn1. The highest BCUT2D eigenvalue weighted by atomic mass is 32.2. The number of benzene rings is 1. The summed E-state index contributed by atoms with van der Waals surface area (Å²) in [5.41, 5.74) is 1.03. The Labute approximate surface area is 114 Å². The molecule has 2 rings (SSSR count). The van der Waals surface area contributed by atoms with Crippen molar-refractivity contribution in [2.24, 2.45) is 0 Å². The van der Waals surface area contributed by atoms with E-state index in [2.05, 4.69) is 15.3 Å². The average molecular weight is 270 g/mol. The van der Waals surface area contributed by atoms with Crippen molar-refractivity contribution in [2.45, 2.75) is 5.03 Å². The van der Waals surface area contributed by atoms with Gasteiger partial charge in [-0.15, -0.1) is 0 Å². The number of aromatic nitrogens is 2. The van der Waals surface area contributed by atoms with Gasteiger partial charge in [0.15, 0.2) is 5.69 Å². The number of anilines is 1. The van der Waals surface area contributed by atoms with Crippen molar-refractivity contribution in [1.29, 1.82) is 5.26 Å². The van der Waals surface area contributed by atoms with Crippen molar-refractivity contribution >= 4 is 23.4 Å². The zero-order chi connectivity index (χ0) is 13.5. The highest BCUT2D eigenvalue weighted by Crippen LogP contribution is 2.14. The smallest absolute Gasteiger partial charge is 0.234 e. The second-order valence-electron chi connectivity index (χ2n) is 3.55. The number of nitriles is 1. The molecular formula is C13H10N4OS. The minimum absolute atomic E-state index is 0.109. The van der Waals surface area contributed by atoms with Crippen LogP contribution in [0.15, 0.2) is 47.8 Å². The molecular weight excluding hydrogens is 260 g/mol.